The standard InChI is InChI=1S/C4H6O5.Na.H/c5-2-3(6)1-4(7)9-8;;/h5,8H,1-2H2;;/q;+1;-1. The van der Waals surface area contributed by atoms with Crippen LogP contribution in [0.15, 0.2) is 0 Å². The zero-order chi connectivity index (χ0) is 7.28. The first-order valence-corrected chi connectivity index (χ1v) is 2.17. The molecule has 2 N–H and O–H groups in total. The third-order valence-corrected chi connectivity index (χ3v) is 0.620. The maximum atomic E-state index is 10.1. The van der Waals surface area contributed by atoms with Gasteiger partial charge in [-0.15, -0.1) is 0 Å². The number of carbonyl (C=O) groups is 2. The molecule has 10 heavy (non-hydrogen) atoms. The summed E-state index contributed by atoms with van der Waals surface area (Å²) in [6, 6.07) is 0. The van der Waals surface area contributed by atoms with Gasteiger partial charge in [0.25, 0.3) is 0 Å². The van der Waals surface area contributed by atoms with Gasteiger partial charge < -0.3 is 11.4 Å². The molecule has 0 amide bonds. The van der Waals surface area contributed by atoms with E-state index < -0.39 is 24.8 Å². The summed E-state index contributed by atoms with van der Waals surface area (Å²) in [5, 5.41) is 15.6. The molecule has 0 atom stereocenters. The van der Waals surface area contributed by atoms with Crippen molar-refractivity contribution in [3.8, 4) is 0 Å². The molecule has 0 aromatic heterocycles. The van der Waals surface area contributed by atoms with Gasteiger partial charge in [-0.2, -0.15) is 5.26 Å². The van der Waals surface area contributed by atoms with Crippen LogP contribution >= 0.6 is 0 Å². The predicted molar refractivity (Wildman–Crippen MR) is 26.5 cm³/mol. The van der Waals surface area contributed by atoms with E-state index in [1.54, 1.807) is 0 Å². The number of rotatable bonds is 3. The Kier molecular flexibility index (Phi) is 9.11. The van der Waals surface area contributed by atoms with Gasteiger partial charge in [0.05, 0.1) is 0 Å². The maximum absolute atomic E-state index is 10.1. The van der Waals surface area contributed by atoms with Crippen molar-refractivity contribution in [2.45, 2.75) is 6.42 Å². The molecule has 5 nitrogen and oxygen atoms in total. The number of hydrogen-bond acceptors (Lipinski definition) is 5. The molecule has 0 rings (SSSR count). The van der Waals surface area contributed by atoms with Crippen molar-refractivity contribution in [3.05, 3.63) is 0 Å². The minimum absolute atomic E-state index is 0. The van der Waals surface area contributed by atoms with E-state index >= 15 is 0 Å². The van der Waals surface area contributed by atoms with Crippen LogP contribution in [0.25, 0.3) is 0 Å². The van der Waals surface area contributed by atoms with Gasteiger partial charge in [-0.25, -0.2) is 4.79 Å². The summed E-state index contributed by atoms with van der Waals surface area (Å²) in [5.74, 6) is -1.75. The second-order valence-electron chi connectivity index (χ2n) is 1.34. The second-order valence-corrected chi connectivity index (χ2v) is 1.34. The van der Waals surface area contributed by atoms with Crippen molar-refractivity contribution in [2.24, 2.45) is 0 Å². The Morgan fingerprint density at radius 3 is 2.30 bits per heavy atom. The Morgan fingerprint density at radius 2 is 2.00 bits per heavy atom. The van der Waals surface area contributed by atoms with E-state index in [4.69, 9.17) is 10.4 Å². The van der Waals surface area contributed by atoms with Gasteiger partial charge in [0, 0.05) is 0 Å². The van der Waals surface area contributed by atoms with Gasteiger partial charge in [-0.3, -0.25) is 4.79 Å². The molecule has 0 aliphatic carbocycles. The molecule has 0 aliphatic heterocycles. The van der Waals surface area contributed by atoms with Crippen LogP contribution in [-0.4, -0.2) is 28.7 Å². The summed E-state index contributed by atoms with van der Waals surface area (Å²) in [6.45, 7) is -0.713. The van der Waals surface area contributed by atoms with Crippen LogP contribution in [0, 0.1) is 0 Å². The molecule has 0 spiro atoms. The first-order valence-electron chi connectivity index (χ1n) is 2.17. The van der Waals surface area contributed by atoms with Crippen LogP contribution in [0.3, 0.4) is 0 Å². The molecular weight excluding hydrogens is 151 g/mol. The topological polar surface area (TPSA) is 83.8 Å². The van der Waals surface area contributed by atoms with Crippen molar-refractivity contribution in [3.63, 3.8) is 0 Å². The maximum Gasteiger partial charge on any atom is 1.00 e. The minimum atomic E-state index is -1.06. The van der Waals surface area contributed by atoms with Gasteiger partial charge in [-0.1, -0.05) is 0 Å². The molecule has 0 unspecified atom stereocenters. The molecule has 0 radical (unpaired) electrons. The van der Waals surface area contributed by atoms with Crippen molar-refractivity contribution >= 4 is 11.8 Å². The molecule has 0 aliphatic rings. The van der Waals surface area contributed by atoms with Crippen molar-refractivity contribution in [1.82, 2.24) is 0 Å². The Labute approximate surface area is 80.7 Å². The van der Waals surface area contributed by atoms with E-state index in [1.165, 1.54) is 0 Å². The molecule has 54 valence electrons. The first kappa shape index (κ1) is 12.7. The molecule has 0 bridgehead atoms. The van der Waals surface area contributed by atoms with Crippen molar-refractivity contribution < 1.29 is 55.8 Å². The van der Waals surface area contributed by atoms with E-state index in [0.29, 0.717) is 0 Å². The molecule has 0 aromatic rings. The van der Waals surface area contributed by atoms with Gasteiger partial charge >= 0.3 is 35.5 Å². The smallest absolute Gasteiger partial charge is 1.00 e. The summed E-state index contributed by atoms with van der Waals surface area (Å²) in [7, 11) is 0. The third kappa shape index (κ3) is 6.18. The molecule has 0 saturated heterocycles. The fourth-order valence-electron chi connectivity index (χ4n) is 0.249. The summed E-state index contributed by atoms with van der Waals surface area (Å²) >= 11 is 0. The van der Waals surface area contributed by atoms with Gasteiger partial charge in [0.15, 0.2) is 5.78 Å². The number of hydrogen-bond donors (Lipinski definition) is 2. The Balaban J connectivity index is -0.000000320. The first-order chi connectivity index (χ1) is 4.20. The fourth-order valence-corrected chi connectivity index (χ4v) is 0.249. The molecule has 0 heterocycles. The quantitative estimate of drug-likeness (QED) is 0.190. The predicted octanol–water partition coefficient (Wildman–Crippen LogP) is -3.93. The zero-order valence-corrected chi connectivity index (χ0v) is 7.53. The summed E-state index contributed by atoms with van der Waals surface area (Å²) in [5.41, 5.74) is 0. The van der Waals surface area contributed by atoms with Crippen LogP contribution in [0.5, 0.6) is 0 Å². The second kappa shape index (κ2) is 7.17. The zero-order valence-electron chi connectivity index (χ0n) is 6.53. The Morgan fingerprint density at radius 1 is 1.50 bits per heavy atom. The largest absolute Gasteiger partial charge is 1.00 e. The number of aliphatic hydroxyl groups excluding tert-OH is 1. The summed E-state index contributed by atoms with van der Waals surface area (Å²) < 4.78 is 0. The molecule has 0 fully saturated rings. The monoisotopic (exact) mass is 158 g/mol. The average Bonchev–Trinajstić information content (AvgIpc) is 1.87. The van der Waals surface area contributed by atoms with Crippen LogP contribution in [0.1, 0.15) is 7.85 Å². The Bertz CT molecular complexity index is 114. The molecule has 6 heteroatoms. The van der Waals surface area contributed by atoms with Gasteiger partial charge in [0.1, 0.15) is 13.0 Å². The molecule has 0 saturated carbocycles. The van der Waals surface area contributed by atoms with Crippen LogP contribution in [0.4, 0.5) is 0 Å². The summed E-state index contributed by atoms with van der Waals surface area (Å²) in [6.07, 6.45) is -0.590. The third-order valence-electron chi connectivity index (χ3n) is 0.620. The number of aliphatic hydroxyl groups is 1. The molecular formula is C4H7NaO5. The van der Waals surface area contributed by atoms with E-state index in [0.717, 1.165) is 0 Å². The minimum Gasteiger partial charge on any atom is -1.00 e. The average molecular weight is 158 g/mol. The van der Waals surface area contributed by atoms with Crippen LogP contribution in [-0.2, 0) is 14.5 Å². The van der Waals surface area contributed by atoms with E-state index in [2.05, 4.69) is 4.89 Å². The van der Waals surface area contributed by atoms with Crippen molar-refractivity contribution in [2.75, 3.05) is 6.61 Å². The Hall–Kier alpha value is 0.0600. The van der Waals surface area contributed by atoms with Gasteiger partial charge in [0.2, 0.25) is 0 Å². The number of carbonyl (C=O) groups excluding carboxylic acids is 2. The van der Waals surface area contributed by atoms with E-state index in [-0.39, 0.29) is 31.0 Å². The van der Waals surface area contributed by atoms with Crippen molar-refractivity contribution in [1.29, 1.82) is 0 Å². The van der Waals surface area contributed by atoms with E-state index in [9.17, 15) is 9.59 Å². The number of Topliss-reactive ketones (excluding diaryl/α,β-unsaturated/α-hetero) is 1. The van der Waals surface area contributed by atoms with Gasteiger partial charge in [-0.05, 0) is 0 Å². The summed E-state index contributed by atoms with van der Waals surface area (Å²) in [4.78, 5) is 23.2. The van der Waals surface area contributed by atoms with E-state index in [1.807, 2.05) is 0 Å². The number of ketones is 1. The molecule has 0 aromatic carbocycles. The fraction of sp³-hybridized carbons (Fsp3) is 0.500. The normalized spacial score (nSPS) is 7.80. The van der Waals surface area contributed by atoms with Crippen LogP contribution < -0.4 is 29.6 Å². The van der Waals surface area contributed by atoms with Crippen LogP contribution in [0.2, 0.25) is 0 Å². The SMILES string of the molecule is O=C(CO)CC(=O)OO.[H-].[Na+].